The smallest absolute Gasteiger partial charge is 0.149 e. The molecule has 2 rings (SSSR count). The maximum Gasteiger partial charge on any atom is 0.149 e. The number of benzene rings is 2. The van der Waals surface area contributed by atoms with E-state index in [9.17, 15) is 5.11 Å². The third-order valence-corrected chi connectivity index (χ3v) is 2.87. The normalized spacial score (nSPS) is 10.3. The van der Waals surface area contributed by atoms with Gasteiger partial charge in [0, 0.05) is 11.1 Å². The van der Waals surface area contributed by atoms with Crippen molar-refractivity contribution in [3.63, 3.8) is 0 Å². The minimum atomic E-state index is 0.0643. The lowest BCUT2D eigenvalue weighted by Gasteiger charge is -2.09. The van der Waals surface area contributed by atoms with Gasteiger partial charge in [0.1, 0.15) is 17.2 Å². The molecular formula is C12H7Cl3O2. The molecule has 5 heteroatoms. The standard InChI is InChI=1S/C12H7Cl3O2/c13-7-1-4-11(10(15)5-7)17-12-6-8(16)2-3-9(12)14/h1-6,16H. The first-order valence-electron chi connectivity index (χ1n) is 4.67. The van der Waals surface area contributed by atoms with Crippen LogP contribution >= 0.6 is 34.8 Å². The highest BCUT2D eigenvalue weighted by Crippen LogP contribution is 2.36. The summed E-state index contributed by atoms with van der Waals surface area (Å²) in [5.41, 5.74) is 0. The SMILES string of the molecule is Oc1ccc(Cl)c(Oc2ccc(Cl)cc2Cl)c1. The predicted octanol–water partition coefficient (Wildman–Crippen LogP) is 5.14. The Kier molecular flexibility index (Phi) is 3.67. The van der Waals surface area contributed by atoms with Crippen LogP contribution in [0.4, 0.5) is 0 Å². The van der Waals surface area contributed by atoms with Gasteiger partial charge in [-0.15, -0.1) is 0 Å². The predicted molar refractivity (Wildman–Crippen MR) is 69.7 cm³/mol. The van der Waals surface area contributed by atoms with Gasteiger partial charge in [0.05, 0.1) is 10.0 Å². The average Bonchev–Trinajstić information content (AvgIpc) is 2.27. The molecular weight excluding hydrogens is 282 g/mol. The second-order valence-corrected chi connectivity index (χ2v) is 4.54. The molecule has 0 unspecified atom stereocenters. The Labute approximate surface area is 113 Å². The van der Waals surface area contributed by atoms with Gasteiger partial charge in [-0.2, -0.15) is 0 Å². The third kappa shape index (κ3) is 2.97. The van der Waals surface area contributed by atoms with Crippen molar-refractivity contribution in [2.45, 2.75) is 0 Å². The van der Waals surface area contributed by atoms with E-state index in [0.29, 0.717) is 26.6 Å². The van der Waals surface area contributed by atoms with Gasteiger partial charge in [0.15, 0.2) is 0 Å². The van der Waals surface area contributed by atoms with E-state index in [2.05, 4.69) is 0 Å². The van der Waals surface area contributed by atoms with E-state index in [1.165, 1.54) is 18.2 Å². The molecule has 0 heterocycles. The summed E-state index contributed by atoms with van der Waals surface area (Å²) in [5, 5.41) is 10.6. The zero-order valence-corrected chi connectivity index (χ0v) is 10.7. The van der Waals surface area contributed by atoms with Crippen molar-refractivity contribution in [2.75, 3.05) is 0 Å². The van der Waals surface area contributed by atoms with E-state index in [1.807, 2.05) is 0 Å². The van der Waals surface area contributed by atoms with Crippen molar-refractivity contribution in [2.24, 2.45) is 0 Å². The summed E-state index contributed by atoms with van der Waals surface area (Å²) in [6.45, 7) is 0. The molecule has 0 fully saturated rings. The second-order valence-electron chi connectivity index (χ2n) is 3.29. The number of aromatic hydroxyl groups is 1. The summed E-state index contributed by atoms with van der Waals surface area (Å²) in [6, 6.07) is 9.27. The molecule has 2 aromatic carbocycles. The molecule has 2 aromatic rings. The lowest BCUT2D eigenvalue weighted by Crippen LogP contribution is -1.86. The molecule has 88 valence electrons. The van der Waals surface area contributed by atoms with Crippen LogP contribution in [-0.2, 0) is 0 Å². The first-order chi connectivity index (χ1) is 8.06. The second kappa shape index (κ2) is 5.05. The number of phenols is 1. The van der Waals surface area contributed by atoms with Crippen LogP contribution in [0.1, 0.15) is 0 Å². The van der Waals surface area contributed by atoms with E-state index in [-0.39, 0.29) is 5.75 Å². The van der Waals surface area contributed by atoms with Gasteiger partial charge in [0.2, 0.25) is 0 Å². The molecule has 17 heavy (non-hydrogen) atoms. The van der Waals surface area contributed by atoms with Gasteiger partial charge in [0.25, 0.3) is 0 Å². The summed E-state index contributed by atoms with van der Waals surface area (Å²) in [5.74, 6) is 0.814. The summed E-state index contributed by atoms with van der Waals surface area (Å²) in [4.78, 5) is 0. The molecule has 0 radical (unpaired) electrons. The highest BCUT2D eigenvalue weighted by Gasteiger charge is 2.08. The Hall–Kier alpha value is -1.09. The molecule has 0 aromatic heterocycles. The average molecular weight is 290 g/mol. The van der Waals surface area contributed by atoms with Crippen LogP contribution in [-0.4, -0.2) is 5.11 Å². The van der Waals surface area contributed by atoms with Crippen LogP contribution in [0.5, 0.6) is 17.2 Å². The number of phenolic OH excluding ortho intramolecular Hbond substituents is 1. The lowest BCUT2D eigenvalue weighted by molar-refractivity contribution is 0.455. The van der Waals surface area contributed by atoms with Gasteiger partial charge < -0.3 is 9.84 Å². The van der Waals surface area contributed by atoms with Crippen molar-refractivity contribution in [3.05, 3.63) is 51.5 Å². The topological polar surface area (TPSA) is 29.5 Å². The minimum absolute atomic E-state index is 0.0643. The molecule has 0 spiro atoms. The largest absolute Gasteiger partial charge is 0.508 e. The zero-order valence-electron chi connectivity index (χ0n) is 8.45. The van der Waals surface area contributed by atoms with Crippen molar-refractivity contribution in [3.8, 4) is 17.2 Å². The molecule has 1 N–H and O–H groups in total. The van der Waals surface area contributed by atoms with E-state index in [4.69, 9.17) is 39.5 Å². The number of hydrogen-bond donors (Lipinski definition) is 1. The van der Waals surface area contributed by atoms with E-state index in [1.54, 1.807) is 18.2 Å². The van der Waals surface area contributed by atoms with E-state index >= 15 is 0 Å². The Balaban J connectivity index is 2.34. The van der Waals surface area contributed by atoms with Gasteiger partial charge in [-0.1, -0.05) is 34.8 Å². The molecule has 0 amide bonds. The van der Waals surface area contributed by atoms with Crippen molar-refractivity contribution in [1.29, 1.82) is 0 Å². The highest BCUT2D eigenvalue weighted by molar-refractivity contribution is 6.35. The Morgan fingerprint density at radius 3 is 2.29 bits per heavy atom. The number of halogens is 3. The van der Waals surface area contributed by atoms with Crippen LogP contribution in [0.15, 0.2) is 36.4 Å². The van der Waals surface area contributed by atoms with Crippen LogP contribution in [0.2, 0.25) is 15.1 Å². The van der Waals surface area contributed by atoms with Gasteiger partial charge in [-0.05, 0) is 30.3 Å². The van der Waals surface area contributed by atoms with Gasteiger partial charge in [-0.3, -0.25) is 0 Å². The molecule has 2 nitrogen and oxygen atoms in total. The van der Waals surface area contributed by atoms with Crippen molar-refractivity contribution >= 4 is 34.8 Å². The van der Waals surface area contributed by atoms with Crippen molar-refractivity contribution in [1.82, 2.24) is 0 Å². The quantitative estimate of drug-likeness (QED) is 0.829. The molecule has 0 aliphatic carbocycles. The third-order valence-electron chi connectivity index (χ3n) is 2.03. The highest BCUT2D eigenvalue weighted by atomic mass is 35.5. The lowest BCUT2D eigenvalue weighted by atomic mass is 10.3. The molecule has 0 aliphatic rings. The number of rotatable bonds is 2. The molecule has 0 bridgehead atoms. The minimum Gasteiger partial charge on any atom is -0.508 e. The monoisotopic (exact) mass is 288 g/mol. The van der Waals surface area contributed by atoms with E-state index < -0.39 is 0 Å². The molecule has 0 saturated heterocycles. The first-order valence-corrected chi connectivity index (χ1v) is 5.81. The van der Waals surface area contributed by atoms with Crippen LogP contribution in [0, 0.1) is 0 Å². The summed E-state index contributed by atoms with van der Waals surface area (Å²) >= 11 is 17.7. The van der Waals surface area contributed by atoms with Crippen LogP contribution in [0.3, 0.4) is 0 Å². The fourth-order valence-corrected chi connectivity index (χ4v) is 1.85. The number of hydrogen-bond acceptors (Lipinski definition) is 2. The zero-order chi connectivity index (χ0) is 12.4. The Morgan fingerprint density at radius 2 is 1.59 bits per heavy atom. The summed E-state index contributed by atoms with van der Waals surface area (Å²) in [7, 11) is 0. The van der Waals surface area contributed by atoms with Crippen molar-refractivity contribution < 1.29 is 9.84 Å². The van der Waals surface area contributed by atoms with Gasteiger partial charge >= 0.3 is 0 Å². The maximum absolute atomic E-state index is 9.34. The fraction of sp³-hybridized carbons (Fsp3) is 0. The molecule has 0 saturated carbocycles. The summed E-state index contributed by atoms with van der Waals surface area (Å²) in [6.07, 6.45) is 0. The fourth-order valence-electron chi connectivity index (χ4n) is 1.25. The summed E-state index contributed by atoms with van der Waals surface area (Å²) < 4.78 is 5.49. The Bertz CT molecular complexity index is 555. The molecule has 0 aliphatic heterocycles. The maximum atomic E-state index is 9.34. The first kappa shape index (κ1) is 12.4. The van der Waals surface area contributed by atoms with Crippen LogP contribution < -0.4 is 4.74 Å². The number of ether oxygens (including phenoxy) is 1. The van der Waals surface area contributed by atoms with Gasteiger partial charge in [-0.25, -0.2) is 0 Å². The molecule has 0 atom stereocenters. The Morgan fingerprint density at radius 1 is 0.824 bits per heavy atom. The van der Waals surface area contributed by atoms with E-state index in [0.717, 1.165) is 0 Å². The van der Waals surface area contributed by atoms with Crippen LogP contribution in [0.25, 0.3) is 0 Å².